The van der Waals surface area contributed by atoms with E-state index in [1.807, 2.05) is 6.07 Å². The zero-order valence-electron chi connectivity index (χ0n) is 14.5. The number of nitrogens with one attached hydrogen (secondary N) is 2. The van der Waals surface area contributed by atoms with Crippen molar-refractivity contribution in [2.24, 2.45) is 0 Å². The summed E-state index contributed by atoms with van der Waals surface area (Å²) in [5.41, 5.74) is 1.75. The minimum absolute atomic E-state index is 0.232. The fraction of sp³-hybridized carbons (Fsp3) is 0.150. The summed E-state index contributed by atoms with van der Waals surface area (Å²) in [7, 11) is 1.52. The van der Waals surface area contributed by atoms with E-state index in [9.17, 15) is 9.59 Å². The summed E-state index contributed by atoms with van der Waals surface area (Å²) < 4.78 is 5.20. The van der Waals surface area contributed by atoms with Crippen LogP contribution in [0.2, 0.25) is 5.02 Å². The summed E-state index contributed by atoms with van der Waals surface area (Å²) in [4.78, 5) is 27.2. The number of rotatable bonds is 5. The number of methoxy groups -OCH3 is 1. The molecule has 2 N–H and O–H groups in total. The Balaban J connectivity index is 1.74. The first-order chi connectivity index (χ1) is 13.0. The van der Waals surface area contributed by atoms with Crippen LogP contribution in [-0.4, -0.2) is 24.5 Å². The largest absolute Gasteiger partial charge is 0.495 e. The molecule has 0 fully saturated rings. The van der Waals surface area contributed by atoms with E-state index in [1.165, 1.54) is 13.2 Å². The van der Waals surface area contributed by atoms with Crippen molar-refractivity contribution in [1.29, 1.82) is 5.26 Å². The van der Waals surface area contributed by atoms with E-state index in [0.717, 1.165) is 5.39 Å². The predicted molar refractivity (Wildman–Crippen MR) is 103 cm³/mol. The quantitative estimate of drug-likeness (QED) is 0.710. The number of carbonyl (C=O) groups excluding carboxylic acids is 1. The molecule has 1 amide bonds. The molecule has 1 aromatic heterocycles. The number of hydrogen-bond acceptors (Lipinski definition) is 4. The molecule has 0 saturated carbocycles. The molecule has 0 aliphatic heterocycles. The average Bonchev–Trinajstić information content (AvgIpc) is 2.68. The number of aromatic amines is 1. The molecule has 3 rings (SSSR count). The van der Waals surface area contributed by atoms with Crippen molar-refractivity contribution >= 4 is 28.4 Å². The summed E-state index contributed by atoms with van der Waals surface area (Å²) in [5.74, 6) is 0.227. The maximum absolute atomic E-state index is 12.2. The Hall–Kier alpha value is -3.30. The smallest absolute Gasteiger partial charge is 0.251 e. The molecule has 2 aromatic carbocycles. The molecule has 0 radical (unpaired) electrons. The van der Waals surface area contributed by atoms with Crippen molar-refractivity contribution in [3.63, 3.8) is 0 Å². The van der Waals surface area contributed by atoms with Crippen molar-refractivity contribution in [3.05, 3.63) is 74.5 Å². The van der Waals surface area contributed by atoms with Gasteiger partial charge in [-0.15, -0.1) is 0 Å². The Morgan fingerprint density at radius 3 is 2.85 bits per heavy atom. The third kappa shape index (κ3) is 4.10. The molecule has 0 unspecified atom stereocenters. The lowest BCUT2D eigenvalue weighted by Gasteiger charge is -2.08. The highest BCUT2D eigenvalue weighted by Gasteiger charge is 2.09. The van der Waals surface area contributed by atoms with E-state index in [-0.39, 0.29) is 18.0 Å². The molecule has 1 heterocycles. The van der Waals surface area contributed by atoms with E-state index in [4.69, 9.17) is 21.6 Å². The SMILES string of the molecule is COc1cc2cc(CCNC(=O)c3cccc(C#N)c3)c(=O)[nH]c2cc1Cl. The van der Waals surface area contributed by atoms with Gasteiger partial charge < -0.3 is 15.0 Å². The number of pyridine rings is 1. The third-order valence-corrected chi connectivity index (χ3v) is 4.42. The number of halogens is 1. The van der Waals surface area contributed by atoms with Crippen molar-refractivity contribution in [1.82, 2.24) is 10.3 Å². The Morgan fingerprint density at radius 1 is 1.30 bits per heavy atom. The first kappa shape index (κ1) is 18.5. The minimum Gasteiger partial charge on any atom is -0.495 e. The van der Waals surface area contributed by atoms with Gasteiger partial charge in [-0.2, -0.15) is 5.26 Å². The summed E-state index contributed by atoms with van der Waals surface area (Å²) in [5, 5.41) is 12.9. The van der Waals surface area contributed by atoms with Crippen molar-refractivity contribution < 1.29 is 9.53 Å². The van der Waals surface area contributed by atoms with Crippen LogP contribution in [0.25, 0.3) is 10.9 Å². The normalized spacial score (nSPS) is 10.4. The summed E-state index contributed by atoms with van der Waals surface area (Å²) in [6.45, 7) is 0.287. The Morgan fingerprint density at radius 2 is 2.11 bits per heavy atom. The van der Waals surface area contributed by atoms with Gasteiger partial charge in [-0.1, -0.05) is 17.7 Å². The van der Waals surface area contributed by atoms with E-state index in [2.05, 4.69) is 10.3 Å². The molecule has 0 spiro atoms. The number of hydrogen-bond donors (Lipinski definition) is 2. The number of nitrogens with zero attached hydrogens (tertiary/aromatic N) is 1. The highest BCUT2D eigenvalue weighted by molar-refractivity contribution is 6.32. The lowest BCUT2D eigenvalue weighted by atomic mass is 10.1. The molecule has 27 heavy (non-hydrogen) atoms. The number of amides is 1. The molecule has 136 valence electrons. The maximum atomic E-state index is 12.2. The van der Waals surface area contributed by atoms with Gasteiger partial charge in [-0.25, -0.2) is 0 Å². The molecule has 0 atom stereocenters. The minimum atomic E-state index is -0.294. The highest BCUT2D eigenvalue weighted by Crippen LogP contribution is 2.28. The molecule has 6 nitrogen and oxygen atoms in total. The van der Waals surface area contributed by atoms with E-state index < -0.39 is 0 Å². The zero-order valence-corrected chi connectivity index (χ0v) is 15.3. The number of ether oxygens (including phenoxy) is 1. The Labute approximate surface area is 160 Å². The third-order valence-electron chi connectivity index (χ3n) is 4.13. The van der Waals surface area contributed by atoms with Crippen LogP contribution < -0.4 is 15.6 Å². The lowest BCUT2D eigenvalue weighted by Crippen LogP contribution is -2.27. The van der Waals surface area contributed by atoms with E-state index in [0.29, 0.717) is 39.4 Å². The number of benzene rings is 2. The lowest BCUT2D eigenvalue weighted by molar-refractivity contribution is 0.0954. The van der Waals surface area contributed by atoms with Gasteiger partial charge in [0.15, 0.2) is 0 Å². The molecule has 0 saturated heterocycles. The van der Waals surface area contributed by atoms with Gasteiger partial charge in [0.1, 0.15) is 5.75 Å². The van der Waals surface area contributed by atoms with E-state index >= 15 is 0 Å². The molecule has 7 heteroatoms. The van der Waals surface area contributed by atoms with Crippen molar-refractivity contribution in [2.75, 3.05) is 13.7 Å². The number of aromatic nitrogens is 1. The van der Waals surface area contributed by atoms with Gasteiger partial charge in [0.05, 0.1) is 29.3 Å². The van der Waals surface area contributed by atoms with Crippen LogP contribution in [0.4, 0.5) is 0 Å². The molecular formula is C20H16ClN3O3. The average molecular weight is 382 g/mol. The second-order valence-electron chi connectivity index (χ2n) is 5.90. The number of fused-ring (bicyclic) bond motifs is 1. The fourth-order valence-corrected chi connectivity index (χ4v) is 2.98. The molecular weight excluding hydrogens is 366 g/mol. The maximum Gasteiger partial charge on any atom is 0.251 e. The molecule has 0 aliphatic rings. The number of carbonyl (C=O) groups is 1. The number of H-pyrrole nitrogens is 1. The van der Waals surface area contributed by atoms with Gasteiger partial charge in [0, 0.05) is 23.1 Å². The first-order valence-electron chi connectivity index (χ1n) is 8.19. The van der Waals surface area contributed by atoms with Gasteiger partial charge >= 0.3 is 0 Å². The van der Waals surface area contributed by atoms with Crippen LogP contribution in [-0.2, 0) is 6.42 Å². The fourth-order valence-electron chi connectivity index (χ4n) is 2.74. The second-order valence-corrected chi connectivity index (χ2v) is 6.30. The van der Waals surface area contributed by atoms with Crippen LogP contribution in [0.1, 0.15) is 21.5 Å². The Kier molecular flexibility index (Phi) is 5.43. The molecule has 3 aromatic rings. The standard InChI is InChI=1S/C20H16ClN3O3/c1-27-18-9-15-8-14(20(26)24-17(15)10-16(18)21)5-6-23-19(25)13-4-2-3-12(7-13)11-22/h2-4,7-10H,5-6H2,1H3,(H,23,25)(H,24,26). The number of nitriles is 1. The second kappa shape index (κ2) is 7.94. The van der Waals surface area contributed by atoms with Gasteiger partial charge in [-0.3, -0.25) is 9.59 Å². The first-order valence-corrected chi connectivity index (χ1v) is 8.57. The molecule has 0 aliphatic carbocycles. The summed E-state index contributed by atoms with van der Waals surface area (Å²) in [6, 6.07) is 13.6. The summed E-state index contributed by atoms with van der Waals surface area (Å²) in [6.07, 6.45) is 0.361. The summed E-state index contributed by atoms with van der Waals surface area (Å²) >= 11 is 6.08. The van der Waals surface area contributed by atoms with Crippen LogP contribution in [0, 0.1) is 11.3 Å². The van der Waals surface area contributed by atoms with E-state index in [1.54, 1.807) is 36.4 Å². The Bertz CT molecular complexity index is 1120. The topological polar surface area (TPSA) is 95.0 Å². The van der Waals surface area contributed by atoms with Gasteiger partial charge in [0.25, 0.3) is 11.5 Å². The van der Waals surface area contributed by atoms with Gasteiger partial charge in [0.2, 0.25) is 0 Å². The monoisotopic (exact) mass is 381 g/mol. The molecule has 0 bridgehead atoms. The van der Waals surface area contributed by atoms with Crippen molar-refractivity contribution in [2.45, 2.75) is 6.42 Å². The zero-order chi connectivity index (χ0) is 19.4. The highest BCUT2D eigenvalue weighted by atomic mass is 35.5. The van der Waals surface area contributed by atoms with Crippen LogP contribution in [0.3, 0.4) is 0 Å². The van der Waals surface area contributed by atoms with Crippen LogP contribution in [0.15, 0.2) is 47.3 Å². The van der Waals surface area contributed by atoms with Crippen LogP contribution in [0.5, 0.6) is 5.75 Å². The van der Waals surface area contributed by atoms with Crippen LogP contribution >= 0.6 is 11.6 Å². The predicted octanol–water partition coefficient (Wildman–Crippen LogP) is 3.03. The van der Waals surface area contributed by atoms with Crippen molar-refractivity contribution in [3.8, 4) is 11.8 Å². The van der Waals surface area contributed by atoms with Gasteiger partial charge in [-0.05, 0) is 42.8 Å².